The van der Waals surface area contributed by atoms with Gasteiger partial charge in [-0.25, -0.2) is 0 Å². The first-order valence-electron chi connectivity index (χ1n) is 2.60. The van der Waals surface area contributed by atoms with E-state index in [4.69, 9.17) is 11.5 Å². The van der Waals surface area contributed by atoms with E-state index in [1.165, 1.54) is 11.3 Å². The number of hydrogen-bond donors (Lipinski definition) is 3. The van der Waals surface area contributed by atoms with Crippen molar-refractivity contribution < 1.29 is 0 Å². The molecule has 54 valence electrons. The van der Waals surface area contributed by atoms with Crippen LogP contribution in [0.15, 0.2) is 12.1 Å². The van der Waals surface area contributed by atoms with Gasteiger partial charge in [0.05, 0.1) is 10.0 Å². The average Bonchev–Trinajstić information content (AvgIpc) is 2.13. The summed E-state index contributed by atoms with van der Waals surface area (Å²) in [5.41, 5.74) is 10.7. The summed E-state index contributed by atoms with van der Waals surface area (Å²) in [5.74, 6) is 0. The van der Waals surface area contributed by atoms with Gasteiger partial charge in [-0.15, -0.1) is 11.3 Å². The summed E-state index contributed by atoms with van der Waals surface area (Å²) in [6.45, 7) is 0. The lowest BCUT2D eigenvalue weighted by Gasteiger charge is -1.96. The standard InChI is InChI=1S/C5H7N3S2/c6-3-1-2-4(10-3)8-5(7)9/h1-2H,6H2,(H3,7,8,9). The summed E-state index contributed by atoms with van der Waals surface area (Å²) in [6.07, 6.45) is 0. The number of rotatable bonds is 1. The van der Waals surface area contributed by atoms with Gasteiger partial charge in [0.15, 0.2) is 5.11 Å². The average molecular weight is 173 g/mol. The van der Waals surface area contributed by atoms with Crippen LogP contribution in [0, 0.1) is 0 Å². The van der Waals surface area contributed by atoms with Gasteiger partial charge in [0.1, 0.15) is 0 Å². The molecule has 5 N–H and O–H groups in total. The fourth-order valence-corrected chi connectivity index (χ4v) is 1.40. The van der Waals surface area contributed by atoms with Crippen LogP contribution in [0.4, 0.5) is 10.0 Å². The number of thiocarbonyl (C=S) groups is 1. The van der Waals surface area contributed by atoms with Gasteiger partial charge in [0.2, 0.25) is 0 Å². The molecule has 0 unspecified atom stereocenters. The molecule has 0 saturated heterocycles. The second kappa shape index (κ2) is 2.85. The monoisotopic (exact) mass is 173 g/mol. The molecule has 0 aliphatic carbocycles. The quantitative estimate of drug-likeness (QED) is 0.554. The fourth-order valence-electron chi connectivity index (χ4n) is 0.541. The van der Waals surface area contributed by atoms with E-state index in [0.29, 0.717) is 0 Å². The Bertz CT molecular complexity index is 243. The summed E-state index contributed by atoms with van der Waals surface area (Å²) in [7, 11) is 0. The van der Waals surface area contributed by atoms with Crippen LogP contribution in [0.2, 0.25) is 0 Å². The second-order valence-corrected chi connectivity index (χ2v) is 3.25. The minimum Gasteiger partial charge on any atom is -0.391 e. The number of nitrogen functional groups attached to an aromatic ring is 1. The van der Waals surface area contributed by atoms with E-state index in [2.05, 4.69) is 17.5 Å². The lowest BCUT2D eigenvalue weighted by atomic mass is 10.6. The predicted octanol–water partition coefficient (Wildman–Crippen LogP) is 0.986. The molecular weight excluding hydrogens is 166 g/mol. The lowest BCUT2D eigenvalue weighted by molar-refractivity contribution is 1.70. The maximum absolute atomic E-state index is 5.45. The van der Waals surface area contributed by atoms with Gasteiger partial charge in [0.25, 0.3) is 0 Å². The molecule has 1 rings (SSSR count). The summed E-state index contributed by atoms with van der Waals surface area (Å²) in [4.78, 5) is 0. The molecule has 0 amide bonds. The van der Waals surface area contributed by atoms with Crippen molar-refractivity contribution in [2.75, 3.05) is 11.1 Å². The maximum Gasteiger partial charge on any atom is 0.168 e. The summed E-state index contributed by atoms with van der Waals surface area (Å²) in [6, 6.07) is 3.63. The molecule has 0 bridgehead atoms. The van der Waals surface area contributed by atoms with Crippen LogP contribution in [0.25, 0.3) is 0 Å². The van der Waals surface area contributed by atoms with Crippen molar-refractivity contribution in [3.05, 3.63) is 12.1 Å². The highest BCUT2D eigenvalue weighted by molar-refractivity contribution is 7.80. The Morgan fingerprint density at radius 3 is 2.70 bits per heavy atom. The first-order valence-corrected chi connectivity index (χ1v) is 3.83. The Kier molecular flexibility index (Phi) is 2.08. The van der Waals surface area contributed by atoms with Crippen molar-refractivity contribution in [1.82, 2.24) is 0 Å². The van der Waals surface area contributed by atoms with Gasteiger partial charge < -0.3 is 16.8 Å². The molecule has 0 aliphatic heterocycles. The maximum atomic E-state index is 5.45. The van der Waals surface area contributed by atoms with Gasteiger partial charge in [-0.2, -0.15) is 0 Å². The third-order valence-electron chi connectivity index (χ3n) is 0.873. The molecule has 0 aromatic carbocycles. The highest BCUT2D eigenvalue weighted by atomic mass is 32.1. The molecule has 1 aromatic heterocycles. The van der Waals surface area contributed by atoms with E-state index in [9.17, 15) is 0 Å². The van der Waals surface area contributed by atoms with Crippen LogP contribution >= 0.6 is 23.6 Å². The van der Waals surface area contributed by atoms with Crippen molar-refractivity contribution in [2.45, 2.75) is 0 Å². The zero-order valence-electron chi connectivity index (χ0n) is 5.13. The number of anilines is 2. The van der Waals surface area contributed by atoms with E-state index in [1.807, 2.05) is 6.07 Å². The smallest absolute Gasteiger partial charge is 0.168 e. The van der Waals surface area contributed by atoms with Gasteiger partial charge in [-0.3, -0.25) is 0 Å². The molecular formula is C5H7N3S2. The fraction of sp³-hybridized carbons (Fsp3) is 0. The van der Waals surface area contributed by atoms with Gasteiger partial charge in [0, 0.05) is 0 Å². The molecule has 5 heteroatoms. The third-order valence-corrected chi connectivity index (χ3v) is 1.81. The van der Waals surface area contributed by atoms with Crippen LogP contribution in [0.5, 0.6) is 0 Å². The zero-order valence-corrected chi connectivity index (χ0v) is 6.76. The summed E-state index contributed by atoms with van der Waals surface area (Å²) < 4.78 is 0. The summed E-state index contributed by atoms with van der Waals surface area (Å²) in [5, 5.41) is 4.67. The van der Waals surface area contributed by atoms with Crippen molar-refractivity contribution in [3.63, 3.8) is 0 Å². The Balaban J connectivity index is 2.67. The second-order valence-electron chi connectivity index (χ2n) is 1.69. The van der Waals surface area contributed by atoms with Crippen LogP contribution in [-0.2, 0) is 0 Å². The number of thiophene rings is 1. The molecule has 0 radical (unpaired) electrons. The van der Waals surface area contributed by atoms with Crippen LogP contribution in [-0.4, -0.2) is 5.11 Å². The normalized spacial score (nSPS) is 9.20. The Morgan fingerprint density at radius 2 is 2.30 bits per heavy atom. The molecule has 1 aromatic rings. The summed E-state index contributed by atoms with van der Waals surface area (Å²) >= 11 is 6.03. The van der Waals surface area contributed by atoms with Crippen molar-refractivity contribution in [3.8, 4) is 0 Å². The number of nitrogens with two attached hydrogens (primary N) is 2. The molecule has 10 heavy (non-hydrogen) atoms. The van der Waals surface area contributed by atoms with Gasteiger partial charge in [-0.1, -0.05) is 0 Å². The predicted molar refractivity (Wildman–Crippen MR) is 49.1 cm³/mol. The highest BCUT2D eigenvalue weighted by Gasteiger charge is 1.94. The molecule has 3 nitrogen and oxygen atoms in total. The van der Waals surface area contributed by atoms with Gasteiger partial charge >= 0.3 is 0 Å². The van der Waals surface area contributed by atoms with Crippen LogP contribution in [0.3, 0.4) is 0 Å². The molecule has 1 heterocycles. The SMILES string of the molecule is NC(=S)Nc1ccc(N)s1. The minimum atomic E-state index is 0.266. The van der Waals surface area contributed by atoms with Crippen molar-refractivity contribution in [2.24, 2.45) is 5.73 Å². The molecule has 0 fully saturated rings. The van der Waals surface area contributed by atoms with E-state index in [0.717, 1.165) is 10.0 Å². The van der Waals surface area contributed by atoms with E-state index < -0.39 is 0 Å². The molecule has 0 spiro atoms. The third kappa shape index (κ3) is 1.85. The molecule has 0 atom stereocenters. The Labute approximate surface area is 68.0 Å². The largest absolute Gasteiger partial charge is 0.391 e. The Hall–Kier alpha value is -0.810. The number of hydrogen-bond acceptors (Lipinski definition) is 3. The first kappa shape index (κ1) is 7.30. The van der Waals surface area contributed by atoms with E-state index in [-0.39, 0.29) is 5.11 Å². The lowest BCUT2D eigenvalue weighted by Crippen LogP contribution is -2.17. The Morgan fingerprint density at radius 1 is 1.60 bits per heavy atom. The molecule has 0 saturated carbocycles. The van der Waals surface area contributed by atoms with Crippen LogP contribution < -0.4 is 16.8 Å². The van der Waals surface area contributed by atoms with Gasteiger partial charge in [-0.05, 0) is 24.4 Å². The number of nitrogens with one attached hydrogen (secondary N) is 1. The van der Waals surface area contributed by atoms with E-state index in [1.54, 1.807) is 6.07 Å². The topological polar surface area (TPSA) is 64.1 Å². The zero-order chi connectivity index (χ0) is 7.56. The minimum absolute atomic E-state index is 0.266. The highest BCUT2D eigenvalue weighted by Crippen LogP contribution is 2.22. The van der Waals surface area contributed by atoms with E-state index >= 15 is 0 Å². The van der Waals surface area contributed by atoms with Crippen LogP contribution in [0.1, 0.15) is 0 Å². The molecule has 0 aliphatic rings. The first-order chi connectivity index (χ1) is 4.68. The van der Waals surface area contributed by atoms with Crippen molar-refractivity contribution >= 4 is 38.7 Å². The van der Waals surface area contributed by atoms with Crippen molar-refractivity contribution in [1.29, 1.82) is 0 Å².